The first-order valence-electron chi connectivity index (χ1n) is 15.6. The summed E-state index contributed by atoms with van der Waals surface area (Å²) in [7, 11) is 0. The Morgan fingerprint density at radius 3 is 2.29 bits per heavy atom. The molecule has 0 saturated heterocycles. The molecule has 48 heavy (non-hydrogen) atoms. The Morgan fingerprint density at radius 2 is 1.65 bits per heavy atom. The fourth-order valence-corrected chi connectivity index (χ4v) is 7.00. The normalized spacial score (nSPS) is 26.8. The summed E-state index contributed by atoms with van der Waals surface area (Å²) in [4.78, 5) is 28.4. The molecule has 0 radical (unpaired) electrons. The zero-order chi connectivity index (χ0) is 34.4. The fraction of sp³-hybridized carbons (Fsp3) is 0.562. The van der Waals surface area contributed by atoms with Crippen molar-refractivity contribution in [3.8, 4) is 28.7 Å². The van der Waals surface area contributed by atoms with Crippen molar-refractivity contribution in [2.24, 2.45) is 11.8 Å². The zero-order valence-electron chi connectivity index (χ0n) is 25.9. The number of aliphatic hydroxyl groups is 2. The van der Waals surface area contributed by atoms with Crippen LogP contribution in [-0.4, -0.2) is 78.6 Å². The van der Waals surface area contributed by atoms with Gasteiger partial charge in [-0.25, -0.2) is 0 Å². The minimum atomic E-state index is -4.94. The van der Waals surface area contributed by atoms with Crippen molar-refractivity contribution in [1.29, 1.82) is 0 Å². The van der Waals surface area contributed by atoms with Gasteiger partial charge in [0, 0.05) is 48.7 Å². The average Bonchev–Trinajstić information content (AvgIpc) is 3.52. The van der Waals surface area contributed by atoms with E-state index in [0.717, 1.165) is 12.1 Å². The van der Waals surface area contributed by atoms with Crippen molar-refractivity contribution in [3.05, 3.63) is 41.5 Å². The van der Waals surface area contributed by atoms with Crippen molar-refractivity contribution < 1.29 is 65.4 Å². The second kappa shape index (κ2) is 12.8. The van der Waals surface area contributed by atoms with Crippen molar-refractivity contribution >= 4 is 11.8 Å². The minimum absolute atomic E-state index is 0.104. The molecule has 11 nitrogen and oxygen atoms in total. The van der Waals surface area contributed by atoms with Crippen molar-refractivity contribution in [3.63, 3.8) is 0 Å². The number of hydrogen-bond acceptors (Lipinski definition) is 9. The molecule has 1 unspecified atom stereocenters. The number of hydrogen-bond donors (Lipinski definition) is 3. The number of amides is 2. The second-order valence-electron chi connectivity index (χ2n) is 12.6. The maximum Gasteiger partial charge on any atom is 0.586 e. The molecule has 4 aliphatic rings. The summed E-state index contributed by atoms with van der Waals surface area (Å²) in [6.07, 6.45) is -6.97. The summed E-state index contributed by atoms with van der Waals surface area (Å²) in [5.41, 5.74) is -0.612. The molecule has 3 N–H and O–H groups in total. The van der Waals surface area contributed by atoms with Crippen LogP contribution < -0.4 is 29.0 Å². The molecule has 2 amide bonds. The highest BCUT2D eigenvalue weighted by Crippen LogP contribution is 2.50. The molecule has 1 saturated carbocycles. The Bertz CT molecular complexity index is 1540. The molecule has 2 aromatic carbocycles. The number of alkyl halides is 5. The average molecular weight is 687 g/mol. The highest BCUT2D eigenvalue weighted by molar-refractivity contribution is 5.90. The van der Waals surface area contributed by atoms with Crippen LogP contribution in [0.5, 0.6) is 28.7 Å². The molecule has 3 aliphatic heterocycles. The van der Waals surface area contributed by atoms with Gasteiger partial charge in [0.1, 0.15) is 35.4 Å². The number of aliphatic hydroxyl groups excluding tert-OH is 2. The van der Waals surface area contributed by atoms with Gasteiger partial charge in [-0.05, 0) is 56.7 Å². The topological polar surface area (TPSA) is 136 Å². The molecule has 0 aromatic heterocycles. The van der Waals surface area contributed by atoms with Crippen molar-refractivity contribution in [1.82, 2.24) is 10.2 Å². The third-order valence-electron chi connectivity index (χ3n) is 9.46. The summed E-state index contributed by atoms with van der Waals surface area (Å²) < 4.78 is 91.7. The number of carbonyl (C=O) groups is 2. The Morgan fingerprint density at radius 1 is 0.979 bits per heavy atom. The van der Waals surface area contributed by atoms with Crippen LogP contribution in [0.3, 0.4) is 0 Å². The maximum atomic E-state index is 14.0. The minimum Gasteiger partial charge on any atom is -0.492 e. The molecule has 1 fully saturated rings. The van der Waals surface area contributed by atoms with E-state index in [-0.39, 0.29) is 80.1 Å². The van der Waals surface area contributed by atoms with Gasteiger partial charge in [-0.2, -0.15) is 0 Å². The zero-order valence-corrected chi connectivity index (χ0v) is 25.9. The maximum absolute atomic E-state index is 14.0. The highest BCUT2D eigenvalue weighted by Gasteiger charge is 2.50. The summed E-state index contributed by atoms with van der Waals surface area (Å²) in [5.74, 6) is -1.80. The lowest BCUT2D eigenvalue weighted by Gasteiger charge is -2.40. The lowest BCUT2D eigenvalue weighted by molar-refractivity contribution is -0.286. The van der Waals surface area contributed by atoms with Crippen molar-refractivity contribution in [2.45, 2.75) is 69.2 Å². The van der Waals surface area contributed by atoms with Crippen LogP contribution in [0.1, 0.15) is 56.2 Å². The second-order valence-corrected chi connectivity index (χ2v) is 12.6. The highest BCUT2D eigenvalue weighted by atomic mass is 19.4. The van der Waals surface area contributed by atoms with Crippen LogP contribution in [0.4, 0.5) is 22.0 Å². The molecular formula is C32H35F5N2O9. The van der Waals surface area contributed by atoms with E-state index in [1.807, 2.05) is 0 Å². The van der Waals surface area contributed by atoms with E-state index in [0.29, 0.717) is 36.8 Å². The largest absolute Gasteiger partial charge is 0.586 e. The summed E-state index contributed by atoms with van der Waals surface area (Å²) >= 11 is 0. The van der Waals surface area contributed by atoms with E-state index in [4.69, 9.17) is 9.47 Å². The molecule has 0 bridgehead atoms. The van der Waals surface area contributed by atoms with E-state index in [2.05, 4.69) is 19.5 Å². The quantitative estimate of drug-likeness (QED) is 0.332. The summed E-state index contributed by atoms with van der Waals surface area (Å²) in [5, 5.41) is 21.6. The van der Waals surface area contributed by atoms with Crippen LogP contribution in [0, 0.1) is 11.8 Å². The van der Waals surface area contributed by atoms with Gasteiger partial charge in [-0.15, -0.1) is 22.0 Å². The van der Waals surface area contributed by atoms with E-state index < -0.39 is 41.9 Å². The number of nitrogens with zero attached hydrogens (tertiary/aromatic N) is 1. The molecule has 6 rings (SSSR count). The van der Waals surface area contributed by atoms with Gasteiger partial charge >= 0.3 is 12.7 Å². The number of carbonyl (C=O) groups excluding carboxylic acids is 2. The van der Waals surface area contributed by atoms with Crippen molar-refractivity contribution in [2.75, 3.05) is 32.9 Å². The first kappa shape index (κ1) is 33.8. The predicted octanol–water partition coefficient (Wildman–Crippen LogP) is 4.19. The third kappa shape index (κ3) is 6.77. The first-order valence-corrected chi connectivity index (χ1v) is 15.6. The van der Waals surface area contributed by atoms with Gasteiger partial charge in [0.25, 0.3) is 0 Å². The van der Waals surface area contributed by atoms with Crippen LogP contribution in [-0.2, 0) is 15.0 Å². The number of benzene rings is 2. The molecule has 2 aromatic rings. The van der Waals surface area contributed by atoms with Gasteiger partial charge in [-0.3, -0.25) is 9.59 Å². The van der Waals surface area contributed by atoms with Crippen LogP contribution in [0.2, 0.25) is 0 Å². The summed E-state index contributed by atoms with van der Waals surface area (Å²) in [6, 6.07) is 5.45. The monoisotopic (exact) mass is 686 g/mol. The van der Waals surface area contributed by atoms with Gasteiger partial charge in [0.15, 0.2) is 11.5 Å². The Hall–Kier alpha value is -4.05. The van der Waals surface area contributed by atoms with Crippen LogP contribution in [0.25, 0.3) is 0 Å². The first-order chi connectivity index (χ1) is 22.7. The number of fused-ring (bicyclic) bond motifs is 3. The molecule has 0 spiro atoms. The van der Waals surface area contributed by atoms with E-state index >= 15 is 0 Å². The van der Waals surface area contributed by atoms with Gasteiger partial charge in [0.05, 0.1) is 19.3 Å². The van der Waals surface area contributed by atoms with E-state index in [1.165, 1.54) is 23.1 Å². The lowest BCUT2D eigenvalue weighted by atomic mass is 9.76. The molecule has 3 atom stereocenters. The number of ether oxygens (including phenoxy) is 5. The summed E-state index contributed by atoms with van der Waals surface area (Å²) in [6.45, 7) is 1.21. The van der Waals surface area contributed by atoms with E-state index in [9.17, 15) is 41.8 Å². The van der Waals surface area contributed by atoms with Gasteiger partial charge in [-0.1, -0.05) is 0 Å². The molecule has 1 aliphatic carbocycles. The molecule has 262 valence electrons. The van der Waals surface area contributed by atoms with Gasteiger partial charge in [0.2, 0.25) is 11.8 Å². The lowest BCUT2D eigenvalue weighted by Crippen LogP contribution is -2.48. The molecule has 3 heterocycles. The standard InChI is InChI=1S/C32H35F5N2O9/c1-30(16-44-25-15-27-26(13-21(25)30)47-32(36,37)48-27)29(43)38-22-14-23(45-24-12-19(6-7-20(22)24)46-31(33,34)35)17-2-4-18(5-3-17)28(42)39(8-10-40)9-11-41/h6-7,12-13,15,17-18,22-23,40-41H,2-5,8-11,14,16H2,1H3,(H,38,43)/t17?,18?,22-,23-,30?/m1/s1. The van der Waals surface area contributed by atoms with Gasteiger partial charge < -0.3 is 44.1 Å². The van der Waals surface area contributed by atoms with Crippen LogP contribution in [0.15, 0.2) is 30.3 Å². The molecule has 16 heteroatoms. The fourth-order valence-electron chi connectivity index (χ4n) is 7.00. The predicted molar refractivity (Wildman–Crippen MR) is 155 cm³/mol. The Balaban J connectivity index is 1.22. The van der Waals surface area contributed by atoms with Crippen LogP contribution >= 0.6 is 0 Å². The number of rotatable bonds is 9. The third-order valence-corrected chi connectivity index (χ3v) is 9.46. The Kier molecular flexibility index (Phi) is 9.00. The SMILES string of the molecule is CC1(C(=O)N[C@@H]2C[C@H](C3CCC(C(=O)N(CCO)CCO)CC3)Oc3cc(OC(F)(F)F)ccc32)COc2cc3c(cc21)OC(F)(F)O3. The smallest absolute Gasteiger partial charge is 0.492 e. The number of halogens is 5. The Labute approximate surface area is 271 Å². The number of nitrogens with one attached hydrogen (secondary N) is 1. The van der Waals surface area contributed by atoms with E-state index in [1.54, 1.807) is 6.92 Å². The molecular weight excluding hydrogens is 651 g/mol.